The molecule has 0 aliphatic heterocycles. The number of aryl methyl sites for hydroxylation is 1. The van der Waals surface area contributed by atoms with Gasteiger partial charge < -0.3 is 9.84 Å². The van der Waals surface area contributed by atoms with E-state index in [2.05, 4.69) is 18.3 Å². The average molecular weight is 373 g/mol. The highest BCUT2D eigenvalue weighted by Crippen LogP contribution is 2.57. The fourth-order valence-corrected chi connectivity index (χ4v) is 5.22. The summed E-state index contributed by atoms with van der Waals surface area (Å²) in [4.78, 5) is 24.2. The third-order valence-corrected chi connectivity index (χ3v) is 6.49. The summed E-state index contributed by atoms with van der Waals surface area (Å²) in [5.74, 6) is -0.592. The Morgan fingerprint density at radius 1 is 1.22 bits per heavy atom. The summed E-state index contributed by atoms with van der Waals surface area (Å²) >= 11 is 0. The lowest BCUT2D eigenvalue weighted by molar-refractivity contribution is -0.157. The van der Waals surface area contributed by atoms with E-state index in [1.165, 1.54) is 11.1 Å². The van der Waals surface area contributed by atoms with Crippen LogP contribution >= 0.6 is 0 Å². The van der Waals surface area contributed by atoms with E-state index in [1.807, 2.05) is 39.8 Å². The Kier molecular flexibility index (Phi) is 4.77. The smallest absolute Gasteiger partial charge is 0.412 e. The van der Waals surface area contributed by atoms with Crippen molar-refractivity contribution in [2.24, 2.45) is 11.3 Å². The van der Waals surface area contributed by atoms with Gasteiger partial charge in [-0.15, -0.1) is 0 Å². The Bertz CT molecular complexity index is 766. The predicted molar refractivity (Wildman–Crippen MR) is 105 cm³/mol. The lowest BCUT2D eigenvalue weighted by atomic mass is 9.50. The topological polar surface area (TPSA) is 75.6 Å². The van der Waals surface area contributed by atoms with Crippen LogP contribution in [0.1, 0.15) is 71.4 Å². The van der Waals surface area contributed by atoms with E-state index in [4.69, 9.17) is 4.74 Å². The molecule has 2 aliphatic rings. The zero-order valence-electron chi connectivity index (χ0n) is 17.0. The number of carbonyl (C=O) groups is 2. The molecule has 2 aliphatic carbocycles. The molecule has 3 atom stereocenters. The molecular weight excluding hydrogens is 342 g/mol. The van der Waals surface area contributed by atoms with Gasteiger partial charge in [0.15, 0.2) is 0 Å². The van der Waals surface area contributed by atoms with Gasteiger partial charge >= 0.3 is 12.1 Å². The van der Waals surface area contributed by atoms with Gasteiger partial charge in [0.1, 0.15) is 5.60 Å². The van der Waals surface area contributed by atoms with Crippen molar-refractivity contribution in [2.75, 3.05) is 5.32 Å². The molecule has 0 heterocycles. The molecule has 1 fully saturated rings. The summed E-state index contributed by atoms with van der Waals surface area (Å²) in [5.41, 5.74) is 1.71. The second-order valence-electron chi connectivity index (χ2n) is 9.58. The molecule has 0 saturated heterocycles. The predicted octanol–water partition coefficient (Wildman–Crippen LogP) is 5.13. The molecule has 27 heavy (non-hydrogen) atoms. The summed E-state index contributed by atoms with van der Waals surface area (Å²) in [7, 11) is 0. The number of carboxylic acid groups (broad SMARTS) is 1. The zero-order chi connectivity index (χ0) is 20.0. The van der Waals surface area contributed by atoms with Gasteiger partial charge in [-0.1, -0.05) is 19.4 Å². The SMILES string of the molecule is CC(C)(C)OC(=O)Nc1ccc2c(c1)C1(C)CCC[C@](C)(C(=O)O)C1CC2. The molecule has 0 aromatic heterocycles. The molecule has 1 aromatic rings. The standard InChI is InChI=1S/C22H31NO4/c1-20(2,3)27-19(26)23-15-9-7-14-8-10-17-21(4,16(14)13-15)11-6-12-22(17,5)18(24)25/h7,9,13,17H,6,8,10-12H2,1-5H3,(H,23,26)(H,24,25)/t17?,21?,22-/m0/s1. The highest BCUT2D eigenvalue weighted by molar-refractivity contribution is 5.85. The maximum atomic E-state index is 12.1. The van der Waals surface area contributed by atoms with E-state index in [0.29, 0.717) is 5.69 Å². The van der Waals surface area contributed by atoms with Crippen LogP contribution in [0.3, 0.4) is 0 Å². The van der Waals surface area contributed by atoms with Crippen LogP contribution in [0.4, 0.5) is 10.5 Å². The van der Waals surface area contributed by atoms with Gasteiger partial charge in [-0.3, -0.25) is 10.1 Å². The van der Waals surface area contributed by atoms with Crippen LogP contribution < -0.4 is 5.32 Å². The van der Waals surface area contributed by atoms with E-state index in [0.717, 1.165) is 32.1 Å². The monoisotopic (exact) mass is 373 g/mol. The Morgan fingerprint density at radius 3 is 2.56 bits per heavy atom. The van der Waals surface area contributed by atoms with Crippen LogP contribution in [-0.4, -0.2) is 22.8 Å². The number of carbonyl (C=O) groups excluding carboxylic acids is 1. The fraction of sp³-hybridized carbons (Fsp3) is 0.636. The molecule has 1 amide bonds. The Hall–Kier alpha value is -2.04. The van der Waals surface area contributed by atoms with Gasteiger partial charge in [-0.2, -0.15) is 0 Å². The molecule has 5 nitrogen and oxygen atoms in total. The van der Waals surface area contributed by atoms with E-state index in [1.54, 1.807) is 0 Å². The maximum absolute atomic E-state index is 12.1. The van der Waals surface area contributed by atoms with Crippen LogP contribution in [0.5, 0.6) is 0 Å². The first-order chi connectivity index (χ1) is 12.5. The van der Waals surface area contributed by atoms with Crippen molar-refractivity contribution in [1.82, 2.24) is 0 Å². The van der Waals surface area contributed by atoms with Crippen molar-refractivity contribution in [3.05, 3.63) is 29.3 Å². The summed E-state index contributed by atoms with van der Waals surface area (Å²) in [6, 6.07) is 6.00. The second-order valence-corrected chi connectivity index (χ2v) is 9.58. The molecule has 1 saturated carbocycles. The normalized spacial score (nSPS) is 30.0. The van der Waals surface area contributed by atoms with E-state index in [9.17, 15) is 14.7 Å². The number of nitrogens with one attached hydrogen (secondary N) is 1. The van der Waals surface area contributed by atoms with Crippen LogP contribution in [0.2, 0.25) is 0 Å². The van der Waals surface area contributed by atoms with E-state index >= 15 is 0 Å². The van der Waals surface area contributed by atoms with Crippen molar-refractivity contribution >= 4 is 17.7 Å². The minimum atomic E-state index is -0.695. The fourth-order valence-electron chi connectivity index (χ4n) is 5.22. The number of hydrogen-bond acceptors (Lipinski definition) is 3. The van der Waals surface area contributed by atoms with Crippen molar-refractivity contribution in [3.63, 3.8) is 0 Å². The number of aliphatic carboxylic acids is 1. The number of anilines is 1. The van der Waals surface area contributed by atoms with Crippen LogP contribution in [0.15, 0.2) is 18.2 Å². The zero-order valence-corrected chi connectivity index (χ0v) is 17.0. The van der Waals surface area contributed by atoms with Crippen molar-refractivity contribution < 1.29 is 19.4 Å². The lowest BCUT2D eigenvalue weighted by Gasteiger charge is -2.53. The van der Waals surface area contributed by atoms with Gasteiger partial charge in [0, 0.05) is 5.69 Å². The summed E-state index contributed by atoms with van der Waals surface area (Å²) < 4.78 is 5.35. The van der Waals surface area contributed by atoms with Crippen molar-refractivity contribution in [1.29, 1.82) is 0 Å². The van der Waals surface area contributed by atoms with Crippen LogP contribution in [0.25, 0.3) is 0 Å². The van der Waals surface area contributed by atoms with Crippen molar-refractivity contribution in [2.45, 2.75) is 77.7 Å². The molecule has 1 aromatic carbocycles. The van der Waals surface area contributed by atoms with Crippen molar-refractivity contribution in [3.8, 4) is 0 Å². The van der Waals surface area contributed by atoms with Gasteiger partial charge in [0.05, 0.1) is 5.41 Å². The number of benzene rings is 1. The van der Waals surface area contributed by atoms with Gasteiger partial charge in [-0.05, 0) is 88.0 Å². The van der Waals surface area contributed by atoms with Crippen LogP contribution in [0, 0.1) is 11.3 Å². The number of carboxylic acids is 1. The summed E-state index contributed by atoms with van der Waals surface area (Å²) in [6.07, 6.45) is 3.91. The number of amides is 1. The highest BCUT2D eigenvalue weighted by Gasteiger charge is 2.55. The number of fused-ring (bicyclic) bond motifs is 3. The Balaban J connectivity index is 1.93. The van der Waals surface area contributed by atoms with E-state index in [-0.39, 0.29) is 11.3 Å². The Morgan fingerprint density at radius 2 is 1.93 bits per heavy atom. The largest absolute Gasteiger partial charge is 0.481 e. The molecule has 2 N–H and O–H groups in total. The molecule has 148 valence electrons. The number of rotatable bonds is 2. The first kappa shape index (κ1) is 19.7. The molecule has 0 spiro atoms. The van der Waals surface area contributed by atoms with Gasteiger partial charge in [-0.25, -0.2) is 4.79 Å². The molecule has 0 radical (unpaired) electrons. The van der Waals surface area contributed by atoms with Crippen LogP contribution in [-0.2, 0) is 21.4 Å². The molecule has 3 rings (SSSR count). The number of hydrogen-bond donors (Lipinski definition) is 2. The molecule has 0 bridgehead atoms. The molecule has 2 unspecified atom stereocenters. The van der Waals surface area contributed by atoms with Gasteiger partial charge in [0.25, 0.3) is 0 Å². The molecular formula is C22H31NO4. The van der Waals surface area contributed by atoms with Gasteiger partial charge in [0.2, 0.25) is 0 Å². The minimum Gasteiger partial charge on any atom is -0.481 e. The Labute approximate surface area is 161 Å². The first-order valence-electron chi connectivity index (χ1n) is 9.82. The third kappa shape index (κ3) is 3.56. The highest BCUT2D eigenvalue weighted by atomic mass is 16.6. The van der Waals surface area contributed by atoms with E-state index < -0.39 is 23.1 Å². The average Bonchev–Trinajstić information content (AvgIpc) is 2.53. The second kappa shape index (κ2) is 6.54. The molecule has 5 heteroatoms. The number of ether oxygens (including phenoxy) is 1. The third-order valence-electron chi connectivity index (χ3n) is 6.49. The minimum absolute atomic E-state index is 0.0977. The summed E-state index contributed by atoms with van der Waals surface area (Å²) in [5, 5.41) is 12.7. The summed E-state index contributed by atoms with van der Waals surface area (Å²) in [6.45, 7) is 9.61. The first-order valence-corrected chi connectivity index (χ1v) is 9.82. The lowest BCUT2D eigenvalue weighted by Crippen LogP contribution is -2.52. The quantitative estimate of drug-likeness (QED) is 0.754. The maximum Gasteiger partial charge on any atom is 0.412 e.